The zero-order chi connectivity index (χ0) is 17.8. The molecule has 0 N–H and O–H groups in total. The first-order valence-electron chi connectivity index (χ1n) is 8.09. The van der Waals surface area contributed by atoms with Crippen molar-refractivity contribution in [3.05, 3.63) is 64.9 Å². The number of benzene rings is 2. The highest BCUT2D eigenvalue weighted by atomic mass is 35.5. The molecule has 0 aliphatic carbocycles. The Labute approximate surface area is 156 Å². The molecule has 0 radical (unpaired) electrons. The molecule has 0 aliphatic rings. The van der Waals surface area contributed by atoms with Crippen LogP contribution >= 0.6 is 23.4 Å². The first kappa shape index (κ1) is 18.0. The molecule has 0 spiro atoms. The maximum atomic E-state index is 13.0. The quantitative estimate of drug-likeness (QED) is 0.519. The standard InChI is InChI=1S/C19H19ClFN3S/c1-13(2)11-24-18(15-5-7-16(20)8-6-15)22-23-19(24)25-12-14-3-9-17(21)10-4-14/h3-10,13H,11-12H2,1-2H3. The SMILES string of the molecule is CC(C)Cn1c(SCc2ccc(F)cc2)nnc1-c1ccc(Cl)cc1. The summed E-state index contributed by atoms with van der Waals surface area (Å²) in [7, 11) is 0. The van der Waals surface area contributed by atoms with E-state index in [1.165, 1.54) is 12.1 Å². The summed E-state index contributed by atoms with van der Waals surface area (Å²) in [5.74, 6) is 1.80. The predicted octanol–water partition coefficient (Wildman–Crippen LogP) is 5.69. The highest BCUT2D eigenvalue weighted by Crippen LogP contribution is 2.28. The number of rotatable bonds is 6. The van der Waals surface area contributed by atoms with Gasteiger partial charge in [-0.15, -0.1) is 10.2 Å². The van der Waals surface area contributed by atoms with Gasteiger partial charge in [0.2, 0.25) is 0 Å². The predicted molar refractivity (Wildman–Crippen MR) is 101 cm³/mol. The van der Waals surface area contributed by atoms with Gasteiger partial charge in [0.1, 0.15) is 5.82 Å². The minimum absolute atomic E-state index is 0.221. The van der Waals surface area contributed by atoms with Crippen LogP contribution in [0.4, 0.5) is 4.39 Å². The van der Waals surface area contributed by atoms with E-state index in [1.54, 1.807) is 23.9 Å². The van der Waals surface area contributed by atoms with Gasteiger partial charge in [0.05, 0.1) is 0 Å². The molecule has 25 heavy (non-hydrogen) atoms. The van der Waals surface area contributed by atoms with Crippen molar-refractivity contribution in [3.63, 3.8) is 0 Å². The molecular formula is C19H19ClFN3S. The summed E-state index contributed by atoms with van der Waals surface area (Å²) >= 11 is 7.59. The number of nitrogens with zero attached hydrogens (tertiary/aromatic N) is 3. The van der Waals surface area contributed by atoms with Crippen LogP contribution in [0.2, 0.25) is 5.02 Å². The molecular weight excluding hydrogens is 357 g/mol. The first-order valence-corrected chi connectivity index (χ1v) is 9.45. The van der Waals surface area contributed by atoms with Gasteiger partial charge < -0.3 is 4.57 Å². The Balaban J connectivity index is 1.85. The second-order valence-electron chi connectivity index (χ2n) is 6.23. The highest BCUT2D eigenvalue weighted by Gasteiger charge is 2.15. The van der Waals surface area contributed by atoms with Gasteiger partial charge in [-0.3, -0.25) is 0 Å². The lowest BCUT2D eigenvalue weighted by Gasteiger charge is -2.12. The fourth-order valence-electron chi connectivity index (χ4n) is 2.47. The largest absolute Gasteiger partial charge is 0.302 e. The number of halogens is 2. The molecule has 0 bridgehead atoms. The number of hydrogen-bond acceptors (Lipinski definition) is 3. The Morgan fingerprint density at radius 1 is 1.04 bits per heavy atom. The zero-order valence-electron chi connectivity index (χ0n) is 14.1. The lowest BCUT2D eigenvalue weighted by Crippen LogP contribution is -2.07. The van der Waals surface area contributed by atoms with E-state index in [4.69, 9.17) is 11.6 Å². The summed E-state index contributed by atoms with van der Waals surface area (Å²) in [4.78, 5) is 0. The van der Waals surface area contributed by atoms with Crippen LogP contribution in [0, 0.1) is 11.7 Å². The molecule has 0 saturated heterocycles. The van der Waals surface area contributed by atoms with Gasteiger partial charge in [-0.2, -0.15) is 0 Å². The summed E-state index contributed by atoms with van der Waals surface area (Å²) in [6.45, 7) is 5.16. The van der Waals surface area contributed by atoms with Crippen molar-refractivity contribution in [1.29, 1.82) is 0 Å². The van der Waals surface area contributed by atoms with Crippen molar-refractivity contribution in [1.82, 2.24) is 14.8 Å². The van der Waals surface area contributed by atoms with Crippen LogP contribution in [0.15, 0.2) is 53.7 Å². The van der Waals surface area contributed by atoms with Gasteiger partial charge >= 0.3 is 0 Å². The van der Waals surface area contributed by atoms with Gasteiger partial charge in [-0.05, 0) is 47.9 Å². The van der Waals surface area contributed by atoms with E-state index < -0.39 is 0 Å². The third-order valence-corrected chi connectivity index (χ3v) is 4.94. The molecule has 3 aromatic rings. The molecule has 3 rings (SSSR count). The maximum absolute atomic E-state index is 13.0. The second-order valence-corrected chi connectivity index (χ2v) is 7.61. The molecule has 2 aromatic carbocycles. The van der Waals surface area contributed by atoms with Crippen molar-refractivity contribution < 1.29 is 4.39 Å². The Hall–Kier alpha value is -1.85. The van der Waals surface area contributed by atoms with E-state index in [2.05, 4.69) is 28.6 Å². The molecule has 6 heteroatoms. The van der Waals surface area contributed by atoms with Crippen LogP contribution in [0.5, 0.6) is 0 Å². The van der Waals surface area contributed by atoms with Crippen molar-refractivity contribution >= 4 is 23.4 Å². The highest BCUT2D eigenvalue weighted by molar-refractivity contribution is 7.98. The summed E-state index contributed by atoms with van der Waals surface area (Å²) in [5, 5.41) is 10.3. The summed E-state index contributed by atoms with van der Waals surface area (Å²) in [6.07, 6.45) is 0. The van der Waals surface area contributed by atoms with Crippen molar-refractivity contribution in [2.75, 3.05) is 0 Å². The van der Waals surface area contributed by atoms with Gasteiger partial charge in [0.15, 0.2) is 11.0 Å². The van der Waals surface area contributed by atoms with Crippen LogP contribution < -0.4 is 0 Å². The normalized spacial score (nSPS) is 11.2. The van der Waals surface area contributed by atoms with Gasteiger partial charge in [-0.25, -0.2) is 4.39 Å². The lowest BCUT2D eigenvalue weighted by molar-refractivity contribution is 0.498. The Bertz CT molecular complexity index is 829. The van der Waals surface area contributed by atoms with E-state index >= 15 is 0 Å². The summed E-state index contributed by atoms with van der Waals surface area (Å²) < 4.78 is 15.2. The Kier molecular flexibility index (Phi) is 5.76. The molecule has 0 fully saturated rings. The lowest BCUT2D eigenvalue weighted by atomic mass is 10.2. The first-order chi connectivity index (χ1) is 12.0. The van der Waals surface area contributed by atoms with Gasteiger partial charge in [0, 0.05) is 22.9 Å². The fraction of sp³-hybridized carbons (Fsp3) is 0.263. The number of aromatic nitrogens is 3. The average molecular weight is 376 g/mol. The van der Waals surface area contributed by atoms with Crippen molar-refractivity contribution in [3.8, 4) is 11.4 Å². The molecule has 1 aromatic heterocycles. The average Bonchev–Trinajstić information content (AvgIpc) is 2.97. The fourth-order valence-corrected chi connectivity index (χ4v) is 3.50. The summed E-state index contributed by atoms with van der Waals surface area (Å²) in [5.41, 5.74) is 2.05. The molecule has 0 saturated carbocycles. The maximum Gasteiger partial charge on any atom is 0.191 e. The third kappa shape index (κ3) is 4.61. The van der Waals surface area contributed by atoms with Crippen molar-refractivity contribution in [2.45, 2.75) is 31.3 Å². The van der Waals surface area contributed by atoms with Gasteiger partial charge in [0.25, 0.3) is 0 Å². The van der Waals surface area contributed by atoms with E-state index in [0.29, 0.717) is 10.9 Å². The minimum atomic E-state index is -0.221. The van der Waals surface area contributed by atoms with Crippen LogP contribution in [0.3, 0.4) is 0 Å². The van der Waals surface area contributed by atoms with Crippen LogP contribution in [0.1, 0.15) is 19.4 Å². The topological polar surface area (TPSA) is 30.7 Å². The van der Waals surface area contributed by atoms with Crippen molar-refractivity contribution in [2.24, 2.45) is 5.92 Å². The van der Waals surface area contributed by atoms with Crippen LogP contribution in [-0.2, 0) is 12.3 Å². The molecule has 1 heterocycles. The van der Waals surface area contributed by atoms with E-state index in [1.807, 2.05) is 24.3 Å². The Morgan fingerprint density at radius 3 is 2.36 bits per heavy atom. The molecule has 0 aliphatic heterocycles. The number of thioether (sulfide) groups is 1. The minimum Gasteiger partial charge on any atom is -0.302 e. The van der Waals surface area contributed by atoms with Crippen LogP contribution in [0.25, 0.3) is 11.4 Å². The molecule has 0 atom stereocenters. The van der Waals surface area contributed by atoms with Crippen LogP contribution in [-0.4, -0.2) is 14.8 Å². The Morgan fingerprint density at radius 2 is 1.72 bits per heavy atom. The molecule has 0 unspecified atom stereocenters. The smallest absolute Gasteiger partial charge is 0.191 e. The second kappa shape index (κ2) is 8.02. The zero-order valence-corrected chi connectivity index (χ0v) is 15.7. The van der Waals surface area contributed by atoms with E-state index in [9.17, 15) is 4.39 Å². The molecule has 130 valence electrons. The molecule has 3 nitrogen and oxygen atoms in total. The van der Waals surface area contributed by atoms with Gasteiger partial charge in [-0.1, -0.05) is 49.3 Å². The number of hydrogen-bond donors (Lipinski definition) is 0. The monoisotopic (exact) mass is 375 g/mol. The summed E-state index contributed by atoms with van der Waals surface area (Å²) in [6, 6.07) is 14.2. The third-order valence-electron chi connectivity index (χ3n) is 3.65. The van der Waals surface area contributed by atoms with E-state index in [0.717, 1.165) is 34.4 Å². The molecule has 0 amide bonds. The van der Waals surface area contributed by atoms with E-state index in [-0.39, 0.29) is 5.82 Å².